The fraction of sp³-hybridized carbons (Fsp3) is 0.312. The number of methoxy groups -OCH3 is 1. The van der Waals surface area contributed by atoms with Gasteiger partial charge in [0.05, 0.1) is 13.7 Å². The molecular formula is C16H20O3. The Balaban J connectivity index is 2.95. The highest BCUT2D eigenvalue weighted by atomic mass is 16.5. The first-order valence-corrected chi connectivity index (χ1v) is 6.20. The van der Waals surface area contributed by atoms with Gasteiger partial charge in [-0.2, -0.15) is 0 Å². The predicted molar refractivity (Wildman–Crippen MR) is 76.3 cm³/mol. The molecule has 3 nitrogen and oxygen atoms in total. The van der Waals surface area contributed by atoms with E-state index in [1.165, 1.54) is 6.08 Å². The molecule has 0 heterocycles. The summed E-state index contributed by atoms with van der Waals surface area (Å²) in [4.78, 5) is 11.4. The van der Waals surface area contributed by atoms with Gasteiger partial charge in [-0.15, -0.1) is 6.58 Å². The molecule has 0 radical (unpaired) electrons. The summed E-state index contributed by atoms with van der Waals surface area (Å²) in [7, 11) is 1.63. The number of carbonyl (C=O) groups is 1. The maximum Gasteiger partial charge on any atom is 0.330 e. The third-order valence-corrected chi connectivity index (χ3v) is 2.99. The lowest BCUT2D eigenvalue weighted by atomic mass is 9.82. The van der Waals surface area contributed by atoms with Crippen molar-refractivity contribution >= 4 is 5.97 Å². The fourth-order valence-electron chi connectivity index (χ4n) is 1.66. The number of hydrogen-bond acceptors (Lipinski definition) is 3. The van der Waals surface area contributed by atoms with Gasteiger partial charge in [0.25, 0.3) is 0 Å². The third-order valence-electron chi connectivity index (χ3n) is 2.99. The van der Waals surface area contributed by atoms with Crippen molar-refractivity contribution in [2.75, 3.05) is 13.7 Å². The van der Waals surface area contributed by atoms with E-state index in [0.717, 1.165) is 11.3 Å². The Hall–Kier alpha value is -2.03. The van der Waals surface area contributed by atoms with Crippen molar-refractivity contribution in [2.45, 2.75) is 19.3 Å². The van der Waals surface area contributed by atoms with Gasteiger partial charge in [-0.25, -0.2) is 4.79 Å². The zero-order chi connectivity index (χ0) is 14.3. The maximum atomic E-state index is 11.4. The average molecular weight is 260 g/mol. The van der Waals surface area contributed by atoms with Gasteiger partial charge in [0.15, 0.2) is 0 Å². The molecule has 19 heavy (non-hydrogen) atoms. The van der Waals surface area contributed by atoms with E-state index in [1.807, 2.05) is 31.2 Å². The summed E-state index contributed by atoms with van der Waals surface area (Å²) < 4.78 is 10.0. The molecule has 102 valence electrons. The SMILES string of the molecule is C=C[C@@](C)(/C=C/C(=O)OCC)c1ccc(OC)cc1. The predicted octanol–water partition coefficient (Wildman–Crippen LogP) is 3.26. The monoisotopic (exact) mass is 260 g/mol. The first kappa shape index (κ1) is 15.0. The lowest BCUT2D eigenvalue weighted by molar-refractivity contribution is -0.137. The van der Waals surface area contributed by atoms with Crippen LogP contribution in [0, 0.1) is 0 Å². The van der Waals surface area contributed by atoms with Crippen LogP contribution in [0.15, 0.2) is 49.1 Å². The smallest absolute Gasteiger partial charge is 0.330 e. The molecular weight excluding hydrogens is 240 g/mol. The van der Waals surface area contributed by atoms with E-state index in [1.54, 1.807) is 26.2 Å². The topological polar surface area (TPSA) is 35.5 Å². The van der Waals surface area contributed by atoms with Gasteiger partial charge in [-0.1, -0.05) is 24.3 Å². The number of allylic oxidation sites excluding steroid dienone is 2. The van der Waals surface area contributed by atoms with Crippen LogP contribution in [-0.2, 0) is 14.9 Å². The van der Waals surface area contributed by atoms with Crippen LogP contribution in [0.4, 0.5) is 0 Å². The van der Waals surface area contributed by atoms with E-state index >= 15 is 0 Å². The van der Waals surface area contributed by atoms with E-state index in [4.69, 9.17) is 9.47 Å². The number of ether oxygens (including phenoxy) is 2. The van der Waals surface area contributed by atoms with Crippen LogP contribution in [0.2, 0.25) is 0 Å². The molecule has 3 heteroatoms. The van der Waals surface area contributed by atoms with Crippen LogP contribution in [0.25, 0.3) is 0 Å². The van der Waals surface area contributed by atoms with Crippen LogP contribution in [0.5, 0.6) is 5.75 Å². The highest BCUT2D eigenvalue weighted by Crippen LogP contribution is 2.28. The summed E-state index contributed by atoms with van der Waals surface area (Å²) in [5.41, 5.74) is 0.614. The Kier molecular flexibility index (Phi) is 5.37. The highest BCUT2D eigenvalue weighted by Gasteiger charge is 2.19. The first-order chi connectivity index (χ1) is 9.05. The molecule has 0 aliphatic rings. The largest absolute Gasteiger partial charge is 0.497 e. The van der Waals surface area contributed by atoms with Crippen molar-refractivity contribution in [3.8, 4) is 5.75 Å². The Labute approximate surface area is 114 Å². The summed E-state index contributed by atoms with van der Waals surface area (Å²) in [5.74, 6) is 0.452. The molecule has 0 unspecified atom stereocenters. The number of rotatable bonds is 6. The Morgan fingerprint density at radius 1 is 1.37 bits per heavy atom. The van der Waals surface area contributed by atoms with Gasteiger partial charge in [0.2, 0.25) is 0 Å². The molecule has 0 aromatic heterocycles. The van der Waals surface area contributed by atoms with Crippen LogP contribution in [0.3, 0.4) is 0 Å². The van der Waals surface area contributed by atoms with E-state index in [-0.39, 0.29) is 5.97 Å². The van der Waals surface area contributed by atoms with Gasteiger partial charge in [0.1, 0.15) is 5.75 Å². The average Bonchev–Trinajstić information content (AvgIpc) is 2.45. The number of benzene rings is 1. The molecule has 0 saturated heterocycles. The van der Waals surface area contributed by atoms with Gasteiger partial charge < -0.3 is 9.47 Å². The molecule has 0 fully saturated rings. The number of esters is 1. The lowest BCUT2D eigenvalue weighted by Crippen LogP contribution is -2.16. The second-order valence-electron chi connectivity index (χ2n) is 4.30. The normalized spacial score (nSPS) is 13.8. The van der Waals surface area contributed by atoms with Gasteiger partial charge in [-0.3, -0.25) is 0 Å². The summed E-state index contributed by atoms with van der Waals surface area (Å²) in [5, 5.41) is 0. The molecule has 1 rings (SSSR count). The van der Waals surface area contributed by atoms with E-state index in [2.05, 4.69) is 6.58 Å². The minimum atomic E-state index is -0.418. The van der Waals surface area contributed by atoms with E-state index in [0.29, 0.717) is 6.61 Å². The van der Waals surface area contributed by atoms with Gasteiger partial charge in [0, 0.05) is 11.5 Å². The minimum absolute atomic E-state index is 0.343. The first-order valence-electron chi connectivity index (χ1n) is 6.20. The van der Waals surface area contributed by atoms with Crippen molar-refractivity contribution in [3.05, 3.63) is 54.6 Å². The summed E-state index contributed by atoms with van der Waals surface area (Å²) in [6.07, 6.45) is 5.03. The summed E-state index contributed by atoms with van der Waals surface area (Å²) in [6, 6.07) is 7.68. The van der Waals surface area contributed by atoms with Crippen molar-refractivity contribution in [2.24, 2.45) is 0 Å². The van der Waals surface area contributed by atoms with E-state index < -0.39 is 5.41 Å². The van der Waals surface area contributed by atoms with Crippen molar-refractivity contribution in [3.63, 3.8) is 0 Å². The Morgan fingerprint density at radius 3 is 2.47 bits per heavy atom. The molecule has 0 amide bonds. The zero-order valence-corrected chi connectivity index (χ0v) is 11.7. The Morgan fingerprint density at radius 2 is 2.00 bits per heavy atom. The molecule has 0 aliphatic carbocycles. The number of hydrogen-bond donors (Lipinski definition) is 0. The molecule has 0 N–H and O–H groups in total. The van der Waals surface area contributed by atoms with Crippen LogP contribution < -0.4 is 4.74 Å². The molecule has 0 spiro atoms. The van der Waals surface area contributed by atoms with Crippen LogP contribution in [-0.4, -0.2) is 19.7 Å². The molecule has 0 saturated carbocycles. The Bertz CT molecular complexity index is 459. The molecule has 0 bridgehead atoms. The van der Waals surface area contributed by atoms with Gasteiger partial charge >= 0.3 is 5.97 Å². The maximum absolute atomic E-state index is 11.4. The summed E-state index contributed by atoms with van der Waals surface area (Å²) in [6.45, 7) is 7.98. The molecule has 1 aromatic rings. The highest BCUT2D eigenvalue weighted by molar-refractivity contribution is 5.82. The van der Waals surface area contributed by atoms with Crippen molar-refractivity contribution in [1.29, 1.82) is 0 Å². The van der Waals surface area contributed by atoms with Crippen molar-refractivity contribution in [1.82, 2.24) is 0 Å². The molecule has 0 aliphatic heterocycles. The second-order valence-corrected chi connectivity index (χ2v) is 4.30. The molecule has 1 aromatic carbocycles. The summed E-state index contributed by atoms with van der Waals surface area (Å²) >= 11 is 0. The van der Waals surface area contributed by atoms with Gasteiger partial charge in [-0.05, 0) is 31.5 Å². The second kappa shape index (κ2) is 6.78. The lowest BCUT2D eigenvalue weighted by Gasteiger charge is -2.22. The third kappa shape index (κ3) is 3.98. The standard InChI is InChI=1S/C16H20O3/c1-5-16(3,12-11-15(17)19-6-2)13-7-9-14(18-4)10-8-13/h5,7-12H,1,6H2,2-4H3/b12-11+/t16-/m0/s1. The number of carbonyl (C=O) groups excluding carboxylic acids is 1. The van der Waals surface area contributed by atoms with E-state index in [9.17, 15) is 4.79 Å². The quantitative estimate of drug-likeness (QED) is 0.447. The van der Waals surface area contributed by atoms with Crippen LogP contribution >= 0.6 is 0 Å². The molecule has 1 atom stereocenters. The zero-order valence-electron chi connectivity index (χ0n) is 11.7. The van der Waals surface area contributed by atoms with Crippen molar-refractivity contribution < 1.29 is 14.3 Å². The minimum Gasteiger partial charge on any atom is -0.497 e. The van der Waals surface area contributed by atoms with Crippen LogP contribution in [0.1, 0.15) is 19.4 Å². The fourth-order valence-corrected chi connectivity index (χ4v) is 1.66.